The van der Waals surface area contributed by atoms with Crippen molar-refractivity contribution in [3.05, 3.63) is 49.1 Å². The zero-order chi connectivity index (χ0) is 23.8. The second-order valence-corrected chi connectivity index (χ2v) is 8.46. The van der Waals surface area contributed by atoms with E-state index in [1.54, 1.807) is 43.9 Å². The fraction of sp³-hybridized carbons (Fsp3) is 0.500. The van der Waals surface area contributed by atoms with Gasteiger partial charge >= 0.3 is 12.1 Å². The van der Waals surface area contributed by atoms with Crippen LogP contribution in [0.1, 0.15) is 50.4 Å². The van der Waals surface area contributed by atoms with Crippen molar-refractivity contribution in [2.24, 2.45) is 0 Å². The molecule has 1 aliphatic carbocycles. The number of rotatable bonds is 12. The lowest BCUT2D eigenvalue weighted by Crippen LogP contribution is -2.61. The Bertz CT molecular complexity index is 824. The molecule has 0 unspecified atom stereocenters. The topological polar surface area (TPSA) is 94.5 Å². The largest absolute Gasteiger partial charge is 0.486 e. The Hall–Kier alpha value is -3.00. The molecule has 176 valence electrons. The number of hydrogen-bond acceptors (Lipinski definition) is 6. The maximum atomic E-state index is 13.1. The lowest BCUT2D eigenvalue weighted by Gasteiger charge is -2.49. The number of nitrogens with zero attached hydrogens (tertiary/aromatic N) is 1. The van der Waals surface area contributed by atoms with E-state index < -0.39 is 23.4 Å². The SMILES string of the molecule is C=CCOCCN(C(=O)OC(C)(C)C)C1(Oc2ccc(C(=O)O)cc2OCC=C)CCC1. The molecule has 1 aromatic carbocycles. The van der Waals surface area contributed by atoms with Crippen molar-refractivity contribution in [2.75, 3.05) is 26.4 Å². The van der Waals surface area contributed by atoms with E-state index in [1.165, 1.54) is 12.1 Å². The van der Waals surface area contributed by atoms with Gasteiger partial charge in [-0.3, -0.25) is 4.90 Å². The number of benzene rings is 1. The molecule has 0 radical (unpaired) electrons. The first kappa shape index (κ1) is 25.3. The molecule has 1 aromatic rings. The number of carbonyl (C=O) groups is 2. The minimum absolute atomic E-state index is 0.0703. The third-order valence-corrected chi connectivity index (χ3v) is 4.78. The van der Waals surface area contributed by atoms with Gasteiger partial charge in [0.05, 0.1) is 25.3 Å². The van der Waals surface area contributed by atoms with Gasteiger partial charge in [0.1, 0.15) is 12.2 Å². The smallest absolute Gasteiger partial charge is 0.413 e. The van der Waals surface area contributed by atoms with Gasteiger partial charge in [-0.25, -0.2) is 9.59 Å². The average molecular weight is 448 g/mol. The van der Waals surface area contributed by atoms with E-state index in [0.29, 0.717) is 25.2 Å². The van der Waals surface area contributed by atoms with Gasteiger partial charge in [0.25, 0.3) is 0 Å². The molecule has 2 rings (SSSR count). The summed E-state index contributed by atoms with van der Waals surface area (Å²) in [6.07, 6.45) is 4.74. The van der Waals surface area contributed by atoms with Crippen LogP contribution in [0.5, 0.6) is 11.5 Å². The molecule has 0 aromatic heterocycles. The Morgan fingerprint density at radius 3 is 2.38 bits per heavy atom. The summed E-state index contributed by atoms with van der Waals surface area (Å²) in [5, 5.41) is 9.32. The third-order valence-electron chi connectivity index (χ3n) is 4.78. The van der Waals surface area contributed by atoms with E-state index in [9.17, 15) is 14.7 Å². The molecule has 1 amide bonds. The molecule has 1 fully saturated rings. The van der Waals surface area contributed by atoms with Crippen molar-refractivity contribution >= 4 is 12.1 Å². The van der Waals surface area contributed by atoms with Crippen LogP contribution in [-0.2, 0) is 9.47 Å². The van der Waals surface area contributed by atoms with Crippen LogP contribution in [-0.4, -0.2) is 59.8 Å². The summed E-state index contributed by atoms with van der Waals surface area (Å²) in [7, 11) is 0. The first-order valence-corrected chi connectivity index (χ1v) is 10.6. The van der Waals surface area contributed by atoms with Crippen LogP contribution in [0.15, 0.2) is 43.5 Å². The fourth-order valence-corrected chi connectivity index (χ4v) is 3.20. The van der Waals surface area contributed by atoms with Crippen molar-refractivity contribution in [1.82, 2.24) is 4.90 Å². The molecule has 32 heavy (non-hydrogen) atoms. The van der Waals surface area contributed by atoms with Crippen molar-refractivity contribution in [3.63, 3.8) is 0 Å². The summed E-state index contributed by atoms with van der Waals surface area (Å²) in [5.41, 5.74) is -1.55. The minimum atomic E-state index is -1.08. The molecule has 0 bridgehead atoms. The molecule has 1 aliphatic rings. The van der Waals surface area contributed by atoms with Crippen LogP contribution in [0.2, 0.25) is 0 Å². The number of ether oxygens (including phenoxy) is 4. The van der Waals surface area contributed by atoms with E-state index in [2.05, 4.69) is 13.2 Å². The van der Waals surface area contributed by atoms with Gasteiger partial charge in [-0.15, -0.1) is 6.58 Å². The summed E-state index contributed by atoms with van der Waals surface area (Å²) in [6.45, 7) is 13.8. The molecule has 8 heteroatoms. The zero-order valence-corrected chi connectivity index (χ0v) is 19.1. The summed E-state index contributed by atoms with van der Waals surface area (Å²) in [4.78, 5) is 26.0. The lowest BCUT2D eigenvalue weighted by molar-refractivity contribution is -0.140. The van der Waals surface area contributed by atoms with Gasteiger partial charge in [-0.1, -0.05) is 18.7 Å². The van der Waals surface area contributed by atoms with Crippen LogP contribution in [0.25, 0.3) is 0 Å². The molecule has 1 N–H and O–H groups in total. The van der Waals surface area contributed by atoms with Gasteiger partial charge in [0, 0.05) is 12.8 Å². The maximum Gasteiger partial charge on any atom is 0.413 e. The monoisotopic (exact) mass is 447 g/mol. The van der Waals surface area contributed by atoms with Crippen LogP contribution in [0, 0.1) is 0 Å². The molecule has 0 aliphatic heterocycles. The number of carboxylic acid groups (broad SMARTS) is 1. The highest BCUT2D eigenvalue weighted by molar-refractivity contribution is 5.88. The zero-order valence-electron chi connectivity index (χ0n) is 19.1. The van der Waals surface area contributed by atoms with E-state index >= 15 is 0 Å². The van der Waals surface area contributed by atoms with Gasteiger partial charge < -0.3 is 24.1 Å². The van der Waals surface area contributed by atoms with Gasteiger partial charge in [0.15, 0.2) is 17.2 Å². The number of amides is 1. The maximum absolute atomic E-state index is 13.1. The van der Waals surface area contributed by atoms with Gasteiger partial charge in [-0.2, -0.15) is 0 Å². The Balaban J connectivity index is 2.34. The molecule has 0 spiro atoms. The predicted molar refractivity (Wildman–Crippen MR) is 120 cm³/mol. The Labute approximate surface area is 189 Å². The molecule has 0 heterocycles. The normalized spacial score (nSPS) is 14.6. The summed E-state index contributed by atoms with van der Waals surface area (Å²) >= 11 is 0. The van der Waals surface area contributed by atoms with E-state index in [-0.39, 0.29) is 31.1 Å². The highest BCUT2D eigenvalue weighted by Gasteiger charge is 2.49. The fourth-order valence-electron chi connectivity index (χ4n) is 3.20. The first-order chi connectivity index (χ1) is 15.1. The Kier molecular flexibility index (Phi) is 8.72. The standard InChI is InChI=1S/C24H33NO7/c1-6-14-29-16-13-25(22(28)32-23(3,4)5)24(11-8-12-24)31-19-10-9-18(21(26)27)17-20(19)30-15-7-2/h6-7,9-10,17H,1-2,8,11-16H2,3-5H3,(H,26,27). The average Bonchev–Trinajstić information content (AvgIpc) is 2.68. The molecule has 1 saturated carbocycles. The van der Waals surface area contributed by atoms with Crippen molar-refractivity contribution in [2.45, 2.75) is 51.4 Å². The van der Waals surface area contributed by atoms with Crippen molar-refractivity contribution < 1.29 is 33.6 Å². The lowest BCUT2D eigenvalue weighted by atomic mass is 9.86. The molecule has 8 nitrogen and oxygen atoms in total. The molecular weight excluding hydrogens is 414 g/mol. The summed E-state index contributed by atoms with van der Waals surface area (Å²) in [5.74, 6) is -0.464. The molecule has 0 atom stereocenters. The Morgan fingerprint density at radius 2 is 1.84 bits per heavy atom. The number of hydrogen-bond donors (Lipinski definition) is 1. The quantitative estimate of drug-likeness (QED) is 0.283. The highest BCUT2D eigenvalue weighted by atomic mass is 16.6. The second-order valence-electron chi connectivity index (χ2n) is 8.46. The second kappa shape index (κ2) is 11.0. The molecule has 0 saturated heterocycles. The summed E-state index contributed by atoms with van der Waals surface area (Å²) in [6, 6.07) is 4.39. The molecular formula is C24H33NO7. The van der Waals surface area contributed by atoms with E-state index in [4.69, 9.17) is 18.9 Å². The number of carboxylic acids is 1. The number of carbonyl (C=O) groups excluding carboxylic acids is 1. The van der Waals surface area contributed by atoms with Crippen LogP contribution in [0.3, 0.4) is 0 Å². The third kappa shape index (κ3) is 6.75. The van der Waals surface area contributed by atoms with Crippen LogP contribution < -0.4 is 9.47 Å². The predicted octanol–water partition coefficient (Wildman–Crippen LogP) is 4.65. The van der Waals surface area contributed by atoms with E-state index in [1.807, 2.05) is 0 Å². The van der Waals surface area contributed by atoms with E-state index in [0.717, 1.165) is 6.42 Å². The van der Waals surface area contributed by atoms with Crippen molar-refractivity contribution in [1.29, 1.82) is 0 Å². The van der Waals surface area contributed by atoms with Crippen LogP contribution >= 0.6 is 0 Å². The van der Waals surface area contributed by atoms with Gasteiger partial charge in [-0.05, 0) is 45.4 Å². The number of aromatic carboxylic acids is 1. The Morgan fingerprint density at radius 1 is 1.16 bits per heavy atom. The van der Waals surface area contributed by atoms with Crippen LogP contribution in [0.4, 0.5) is 4.79 Å². The summed E-state index contributed by atoms with van der Waals surface area (Å²) < 4.78 is 23.1. The highest BCUT2D eigenvalue weighted by Crippen LogP contribution is 2.43. The first-order valence-electron chi connectivity index (χ1n) is 10.6. The minimum Gasteiger partial charge on any atom is -0.486 e. The van der Waals surface area contributed by atoms with Gasteiger partial charge in [0.2, 0.25) is 0 Å². The van der Waals surface area contributed by atoms with Crippen molar-refractivity contribution in [3.8, 4) is 11.5 Å².